The molecule has 1 saturated carbocycles. The van der Waals surface area contributed by atoms with Crippen LogP contribution in [0.1, 0.15) is 30.7 Å². The van der Waals surface area contributed by atoms with Crippen LogP contribution in [0.4, 0.5) is 0 Å². The van der Waals surface area contributed by atoms with Gasteiger partial charge in [-0.1, -0.05) is 24.6 Å². The lowest BCUT2D eigenvalue weighted by Crippen LogP contribution is -2.36. The van der Waals surface area contributed by atoms with Gasteiger partial charge in [-0.15, -0.1) is 0 Å². The number of fused-ring (bicyclic) bond motifs is 1. The SMILES string of the molecule is NC(=NCC1CCC1)NCC1COc2ccccc21. The Labute approximate surface area is 114 Å². The highest BCUT2D eigenvalue weighted by atomic mass is 16.5. The number of hydrogen-bond donors (Lipinski definition) is 2. The maximum absolute atomic E-state index is 5.90. The summed E-state index contributed by atoms with van der Waals surface area (Å²) in [4.78, 5) is 4.41. The van der Waals surface area contributed by atoms with Crippen LogP contribution >= 0.6 is 0 Å². The van der Waals surface area contributed by atoms with Crippen molar-refractivity contribution in [2.45, 2.75) is 25.2 Å². The van der Waals surface area contributed by atoms with Crippen LogP contribution in [0.3, 0.4) is 0 Å². The second kappa shape index (κ2) is 5.51. The first kappa shape index (κ1) is 12.3. The van der Waals surface area contributed by atoms with Crippen LogP contribution in [0.5, 0.6) is 5.75 Å². The summed E-state index contributed by atoms with van der Waals surface area (Å²) in [5, 5.41) is 3.22. The zero-order valence-corrected chi connectivity index (χ0v) is 11.1. The summed E-state index contributed by atoms with van der Waals surface area (Å²) >= 11 is 0. The molecule has 0 amide bonds. The maximum Gasteiger partial charge on any atom is 0.188 e. The highest BCUT2D eigenvalue weighted by Gasteiger charge is 2.23. The normalized spacial score (nSPS) is 22.5. The minimum absolute atomic E-state index is 0.369. The van der Waals surface area contributed by atoms with E-state index >= 15 is 0 Å². The van der Waals surface area contributed by atoms with Crippen molar-refractivity contribution in [2.75, 3.05) is 19.7 Å². The first-order valence-corrected chi connectivity index (χ1v) is 7.08. The summed E-state index contributed by atoms with van der Waals surface area (Å²) in [6.45, 7) is 2.38. The third-order valence-electron chi connectivity index (χ3n) is 4.07. The molecule has 1 heterocycles. The van der Waals surface area contributed by atoms with Crippen molar-refractivity contribution in [2.24, 2.45) is 16.6 Å². The van der Waals surface area contributed by atoms with Crippen LogP contribution in [0, 0.1) is 5.92 Å². The van der Waals surface area contributed by atoms with Crippen LogP contribution < -0.4 is 15.8 Å². The molecular weight excluding hydrogens is 238 g/mol. The molecule has 19 heavy (non-hydrogen) atoms. The summed E-state index contributed by atoms with van der Waals surface area (Å²) in [6.07, 6.45) is 3.96. The van der Waals surface area contributed by atoms with Crippen molar-refractivity contribution in [1.29, 1.82) is 0 Å². The van der Waals surface area contributed by atoms with Crippen LogP contribution in [0.15, 0.2) is 29.3 Å². The number of ether oxygens (including phenoxy) is 1. The largest absolute Gasteiger partial charge is 0.493 e. The van der Waals surface area contributed by atoms with Crippen LogP contribution in [-0.2, 0) is 0 Å². The van der Waals surface area contributed by atoms with E-state index in [9.17, 15) is 0 Å². The lowest BCUT2D eigenvalue weighted by molar-refractivity contribution is 0.325. The van der Waals surface area contributed by atoms with Crippen molar-refractivity contribution in [3.05, 3.63) is 29.8 Å². The molecule has 102 valence electrons. The molecule has 1 unspecified atom stereocenters. The van der Waals surface area contributed by atoms with Gasteiger partial charge in [0.25, 0.3) is 0 Å². The Hall–Kier alpha value is -1.71. The zero-order valence-electron chi connectivity index (χ0n) is 11.1. The fourth-order valence-electron chi connectivity index (χ4n) is 2.58. The average molecular weight is 259 g/mol. The second-order valence-electron chi connectivity index (χ2n) is 5.45. The lowest BCUT2D eigenvalue weighted by Gasteiger charge is -2.23. The molecule has 4 nitrogen and oxygen atoms in total. The number of nitrogens with one attached hydrogen (secondary N) is 1. The van der Waals surface area contributed by atoms with Crippen LogP contribution in [-0.4, -0.2) is 25.7 Å². The number of nitrogens with zero attached hydrogens (tertiary/aromatic N) is 1. The van der Waals surface area contributed by atoms with Gasteiger partial charge in [-0.3, -0.25) is 4.99 Å². The predicted molar refractivity (Wildman–Crippen MR) is 76.5 cm³/mol. The molecule has 1 aliphatic carbocycles. The third-order valence-corrected chi connectivity index (χ3v) is 4.07. The molecule has 1 aliphatic heterocycles. The summed E-state index contributed by atoms with van der Waals surface area (Å²) in [7, 11) is 0. The van der Waals surface area contributed by atoms with Gasteiger partial charge in [0.05, 0.1) is 6.61 Å². The second-order valence-corrected chi connectivity index (χ2v) is 5.45. The van der Waals surface area contributed by atoms with Gasteiger partial charge < -0.3 is 15.8 Å². The van der Waals surface area contributed by atoms with Gasteiger partial charge in [-0.2, -0.15) is 0 Å². The molecule has 4 heteroatoms. The van der Waals surface area contributed by atoms with E-state index < -0.39 is 0 Å². The average Bonchev–Trinajstić information content (AvgIpc) is 2.78. The molecule has 2 aliphatic rings. The van der Waals surface area contributed by atoms with E-state index in [-0.39, 0.29) is 0 Å². The molecule has 1 aromatic rings. The molecule has 0 spiro atoms. The Bertz CT molecular complexity index is 468. The smallest absolute Gasteiger partial charge is 0.188 e. The highest BCUT2D eigenvalue weighted by molar-refractivity contribution is 5.77. The monoisotopic (exact) mass is 259 g/mol. The molecule has 1 atom stereocenters. The number of hydrogen-bond acceptors (Lipinski definition) is 2. The van der Waals surface area contributed by atoms with E-state index in [1.165, 1.54) is 24.8 Å². The van der Waals surface area contributed by atoms with Gasteiger partial charge in [0.2, 0.25) is 0 Å². The van der Waals surface area contributed by atoms with Gasteiger partial charge in [0, 0.05) is 24.6 Å². The van der Waals surface area contributed by atoms with E-state index in [0.717, 1.165) is 31.4 Å². The van der Waals surface area contributed by atoms with Gasteiger partial charge >= 0.3 is 0 Å². The zero-order chi connectivity index (χ0) is 13.1. The fourth-order valence-corrected chi connectivity index (χ4v) is 2.58. The van der Waals surface area contributed by atoms with Crippen LogP contribution in [0.2, 0.25) is 0 Å². The first-order valence-electron chi connectivity index (χ1n) is 7.08. The molecule has 1 fully saturated rings. The minimum Gasteiger partial charge on any atom is -0.493 e. The van der Waals surface area contributed by atoms with E-state index in [4.69, 9.17) is 10.5 Å². The summed E-state index contributed by atoms with van der Waals surface area (Å²) in [5.74, 6) is 2.69. The molecule has 0 aromatic heterocycles. The maximum atomic E-state index is 5.90. The van der Waals surface area contributed by atoms with Gasteiger partial charge in [0.15, 0.2) is 5.96 Å². The topological polar surface area (TPSA) is 59.6 Å². The molecule has 3 N–H and O–H groups in total. The van der Waals surface area contributed by atoms with Crippen molar-refractivity contribution < 1.29 is 4.74 Å². The van der Waals surface area contributed by atoms with Crippen molar-refractivity contribution >= 4 is 5.96 Å². The Morgan fingerprint density at radius 3 is 3.00 bits per heavy atom. The molecule has 0 radical (unpaired) electrons. The van der Waals surface area contributed by atoms with Crippen molar-refractivity contribution in [1.82, 2.24) is 5.32 Å². The molecule has 0 bridgehead atoms. The van der Waals surface area contributed by atoms with Crippen LogP contribution in [0.25, 0.3) is 0 Å². The lowest BCUT2D eigenvalue weighted by atomic mass is 9.86. The fraction of sp³-hybridized carbons (Fsp3) is 0.533. The summed E-state index contributed by atoms with van der Waals surface area (Å²) in [6, 6.07) is 8.19. The number of aliphatic imine (C=N–C) groups is 1. The van der Waals surface area contributed by atoms with E-state index in [2.05, 4.69) is 22.4 Å². The third kappa shape index (κ3) is 2.83. The number of nitrogens with two attached hydrogens (primary N) is 1. The number of para-hydroxylation sites is 1. The summed E-state index contributed by atoms with van der Waals surface area (Å²) in [5.41, 5.74) is 7.16. The predicted octanol–water partition coefficient (Wildman–Crippen LogP) is 1.87. The van der Waals surface area contributed by atoms with Gasteiger partial charge in [-0.25, -0.2) is 0 Å². The van der Waals surface area contributed by atoms with E-state index in [0.29, 0.717) is 11.9 Å². The quantitative estimate of drug-likeness (QED) is 0.641. The van der Waals surface area contributed by atoms with Gasteiger partial charge in [0.1, 0.15) is 5.75 Å². The summed E-state index contributed by atoms with van der Waals surface area (Å²) < 4.78 is 5.65. The Morgan fingerprint density at radius 2 is 2.21 bits per heavy atom. The Morgan fingerprint density at radius 1 is 1.37 bits per heavy atom. The molecule has 0 saturated heterocycles. The van der Waals surface area contributed by atoms with E-state index in [1.807, 2.05) is 12.1 Å². The number of guanidine groups is 1. The Kier molecular flexibility index (Phi) is 3.58. The minimum atomic E-state index is 0.369. The van der Waals surface area contributed by atoms with Crippen molar-refractivity contribution in [3.8, 4) is 5.75 Å². The first-order chi connectivity index (χ1) is 9.33. The van der Waals surface area contributed by atoms with Crippen molar-refractivity contribution in [3.63, 3.8) is 0 Å². The van der Waals surface area contributed by atoms with Gasteiger partial charge in [-0.05, 0) is 24.8 Å². The molecule has 3 rings (SSSR count). The number of rotatable bonds is 4. The molecule has 1 aromatic carbocycles. The van der Waals surface area contributed by atoms with E-state index in [1.54, 1.807) is 0 Å². The highest BCUT2D eigenvalue weighted by Crippen LogP contribution is 2.32. The number of benzene rings is 1. The standard InChI is InChI=1S/C15H21N3O/c16-15(17-8-11-4-3-5-11)18-9-12-10-19-14-7-2-1-6-13(12)14/h1-2,6-7,11-12H,3-5,8-10H2,(H3,16,17,18). The Balaban J connectivity index is 1.50. The molecular formula is C15H21N3O.